The van der Waals surface area contributed by atoms with Gasteiger partial charge in [0.2, 0.25) is 5.91 Å². The van der Waals surface area contributed by atoms with Crippen LogP contribution in [0, 0.1) is 5.92 Å². The first-order valence-electron chi connectivity index (χ1n) is 8.07. The standard InChI is InChI=1S/C17H25N3O4.2ClH/c1-12(11-18-2)16(21)19-15-5-4-13(10-14(15)17(22)23-3)20-6-8-24-9-7-20;;/h4-5,10,12,18H,6-9,11H2,1-3H3,(H,19,21);2*1H. The Labute approximate surface area is 166 Å². The molecule has 1 amide bonds. The van der Waals surface area contributed by atoms with Crippen molar-refractivity contribution in [2.45, 2.75) is 6.92 Å². The Hall–Kier alpha value is -1.54. The van der Waals surface area contributed by atoms with E-state index in [1.54, 1.807) is 19.2 Å². The van der Waals surface area contributed by atoms with E-state index < -0.39 is 5.97 Å². The van der Waals surface area contributed by atoms with Crippen LogP contribution < -0.4 is 15.5 Å². The molecule has 0 spiro atoms. The third kappa shape index (κ3) is 6.32. The molecule has 0 aromatic heterocycles. The normalized spacial score (nSPS) is 14.5. The van der Waals surface area contributed by atoms with Crippen LogP contribution in [0.4, 0.5) is 11.4 Å². The van der Waals surface area contributed by atoms with Gasteiger partial charge in [0, 0.05) is 31.2 Å². The Kier molecular flexibility index (Phi) is 11.2. The highest BCUT2D eigenvalue weighted by atomic mass is 35.5. The van der Waals surface area contributed by atoms with Crippen LogP contribution in [0.25, 0.3) is 0 Å². The van der Waals surface area contributed by atoms with Crippen LogP contribution in [0.15, 0.2) is 18.2 Å². The molecular weight excluding hydrogens is 381 g/mol. The summed E-state index contributed by atoms with van der Waals surface area (Å²) in [6.45, 7) is 5.25. The van der Waals surface area contributed by atoms with E-state index in [1.807, 2.05) is 13.0 Å². The van der Waals surface area contributed by atoms with E-state index in [1.165, 1.54) is 7.11 Å². The number of halogens is 2. The van der Waals surface area contributed by atoms with Crippen LogP contribution in [-0.4, -0.2) is 58.9 Å². The second-order valence-electron chi connectivity index (χ2n) is 5.77. The number of hydrogen-bond acceptors (Lipinski definition) is 6. The van der Waals surface area contributed by atoms with Gasteiger partial charge in [-0.25, -0.2) is 4.79 Å². The van der Waals surface area contributed by atoms with Crippen molar-refractivity contribution in [2.75, 3.05) is 57.2 Å². The molecule has 1 fully saturated rings. The molecule has 1 atom stereocenters. The molecule has 0 bridgehead atoms. The Bertz CT molecular complexity index is 595. The lowest BCUT2D eigenvalue weighted by atomic mass is 10.1. The lowest BCUT2D eigenvalue weighted by Gasteiger charge is -2.29. The molecule has 1 heterocycles. The number of hydrogen-bond donors (Lipinski definition) is 2. The first-order valence-corrected chi connectivity index (χ1v) is 8.07. The van der Waals surface area contributed by atoms with Crippen molar-refractivity contribution in [2.24, 2.45) is 5.92 Å². The van der Waals surface area contributed by atoms with Gasteiger partial charge in [-0.3, -0.25) is 4.79 Å². The number of amides is 1. The molecule has 148 valence electrons. The minimum atomic E-state index is -0.471. The number of carbonyl (C=O) groups excluding carboxylic acids is 2. The van der Waals surface area contributed by atoms with Crippen LogP contribution in [0.1, 0.15) is 17.3 Å². The summed E-state index contributed by atoms with van der Waals surface area (Å²) < 4.78 is 10.2. The van der Waals surface area contributed by atoms with Gasteiger partial charge in [-0.2, -0.15) is 0 Å². The van der Waals surface area contributed by atoms with Crippen LogP contribution in [0.2, 0.25) is 0 Å². The molecule has 7 nitrogen and oxygen atoms in total. The van der Waals surface area contributed by atoms with E-state index in [0.717, 1.165) is 18.8 Å². The average molecular weight is 408 g/mol. The Morgan fingerprint density at radius 2 is 1.92 bits per heavy atom. The zero-order chi connectivity index (χ0) is 17.5. The smallest absolute Gasteiger partial charge is 0.340 e. The van der Waals surface area contributed by atoms with Gasteiger partial charge >= 0.3 is 5.97 Å². The fraction of sp³-hybridized carbons (Fsp3) is 0.529. The number of benzene rings is 1. The maximum absolute atomic E-state index is 12.2. The summed E-state index contributed by atoms with van der Waals surface area (Å²) in [4.78, 5) is 26.5. The van der Waals surface area contributed by atoms with E-state index in [4.69, 9.17) is 9.47 Å². The molecule has 26 heavy (non-hydrogen) atoms. The zero-order valence-electron chi connectivity index (χ0n) is 15.2. The lowest BCUT2D eigenvalue weighted by molar-refractivity contribution is -0.119. The quantitative estimate of drug-likeness (QED) is 0.701. The third-order valence-electron chi connectivity index (χ3n) is 4.00. The zero-order valence-corrected chi connectivity index (χ0v) is 16.9. The van der Waals surface area contributed by atoms with E-state index in [-0.39, 0.29) is 36.6 Å². The summed E-state index contributed by atoms with van der Waals surface area (Å²) in [5.41, 5.74) is 1.73. The van der Waals surface area contributed by atoms with Crippen LogP contribution in [0.3, 0.4) is 0 Å². The number of anilines is 2. The van der Waals surface area contributed by atoms with Gasteiger partial charge in [-0.15, -0.1) is 24.8 Å². The summed E-state index contributed by atoms with van der Waals surface area (Å²) in [7, 11) is 3.12. The highest BCUT2D eigenvalue weighted by Gasteiger charge is 2.20. The largest absolute Gasteiger partial charge is 0.465 e. The van der Waals surface area contributed by atoms with Crippen molar-refractivity contribution >= 4 is 48.1 Å². The number of morpholine rings is 1. The summed E-state index contributed by atoms with van der Waals surface area (Å²) >= 11 is 0. The molecule has 1 aromatic rings. The molecular formula is C17H27Cl2N3O4. The van der Waals surface area contributed by atoms with Crippen molar-refractivity contribution in [3.05, 3.63) is 23.8 Å². The predicted molar refractivity (Wildman–Crippen MR) is 107 cm³/mol. The van der Waals surface area contributed by atoms with E-state index >= 15 is 0 Å². The number of rotatable bonds is 6. The molecule has 9 heteroatoms. The number of esters is 1. The predicted octanol–water partition coefficient (Wildman–Crippen LogP) is 1.95. The molecule has 1 aliphatic heterocycles. The monoisotopic (exact) mass is 407 g/mol. The van der Waals surface area contributed by atoms with Crippen LogP contribution in [-0.2, 0) is 14.3 Å². The molecule has 1 unspecified atom stereocenters. The highest BCUT2D eigenvalue weighted by molar-refractivity contribution is 6.02. The molecule has 1 aliphatic rings. The molecule has 2 N–H and O–H groups in total. The van der Waals surface area contributed by atoms with Gasteiger partial charge in [0.15, 0.2) is 0 Å². The van der Waals surface area contributed by atoms with Crippen molar-refractivity contribution in [3.8, 4) is 0 Å². The fourth-order valence-corrected chi connectivity index (χ4v) is 2.59. The van der Waals surface area contributed by atoms with Gasteiger partial charge in [0.25, 0.3) is 0 Å². The highest BCUT2D eigenvalue weighted by Crippen LogP contribution is 2.25. The van der Waals surface area contributed by atoms with E-state index in [0.29, 0.717) is 31.0 Å². The van der Waals surface area contributed by atoms with Crippen molar-refractivity contribution in [1.29, 1.82) is 0 Å². The first-order chi connectivity index (χ1) is 11.6. The topological polar surface area (TPSA) is 79.9 Å². The lowest BCUT2D eigenvalue weighted by Crippen LogP contribution is -2.36. The molecule has 0 radical (unpaired) electrons. The van der Waals surface area contributed by atoms with Crippen molar-refractivity contribution < 1.29 is 19.1 Å². The SMILES string of the molecule is CNCC(C)C(=O)Nc1ccc(N2CCOCC2)cc1C(=O)OC.Cl.Cl. The molecule has 1 aromatic carbocycles. The minimum Gasteiger partial charge on any atom is -0.465 e. The number of carbonyl (C=O) groups is 2. The van der Waals surface area contributed by atoms with Gasteiger partial charge in [-0.1, -0.05) is 6.92 Å². The van der Waals surface area contributed by atoms with E-state index in [9.17, 15) is 9.59 Å². The maximum atomic E-state index is 12.2. The molecule has 1 saturated heterocycles. The van der Waals surface area contributed by atoms with Gasteiger partial charge < -0.3 is 25.0 Å². The second kappa shape index (κ2) is 12.0. The second-order valence-corrected chi connectivity index (χ2v) is 5.77. The fourth-order valence-electron chi connectivity index (χ4n) is 2.59. The Balaban J connectivity index is 0.00000312. The third-order valence-corrected chi connectivity index (χ3v) is 4.00. The summed E-state index contributed by atoms with van der Waals surface area (Å²) in [5.74, 6) is -0.824. The number of ether oxygens (including phenoxy) is 2. The molecule has 0 aliphatic carbocycles. The average Bonchev–Trinajstić information content (AvgIpc) is 2.62. The van der Waals surface area contributed by atoms with Crippen LogP contribution >= 0.6 is 24.8 Å². The maximum Gasteiger partial charge on any atom is 0.340 e. The summed E-state index contributed by atoms with van der Waals surface area (Å²) in [6.07, 6.45) is 0. The van der Waals surface area contributed by atoms with Crippen LogP contribution in [0.5, 0.6) is 0 Å². The minimum absolute atomic E-state index is 0. The molecule has 2 rings (SSSR count). The van der Waals surface area contributed by atoms with Gasteiger partial charge in [0.05, 0.1) is 31.6 Å². The van der Waals surface area contributed by atoms with Crippen molar-refractivity contribution in [1.82, 2.24) is 5.32 Å². The number of nitrogens with one attached hydrogen (secondary N) is 2. The van der Waals surface area contributed by atoms with E-state index in [2.05, 4.69) is 15.5 Å². The van der Waals surface area contributed by atoms with Gasteiger partial charge in [0.1, 0.15) is 0 Å². The Morgan fingerprint density at radius 1 is 1.27 bits per heavy atom. The number of nitrogens with zero attached hydrogens (tertiary/aromatic N) is 1. The first kappa shape index (κ1) is 24.5. The Morgan fingerprint density at radius 3 is 2.50 bits per heavy atom. The summed E-state index contributed by atoms with van der Waals surface area (Å²) in [5, 5.41) is 5.78. The summed E-state index contributed by atoms with van der Waals surface area (Å²) in [6, 6.07) is 5.41. The molecule has 0 saturated carbocycles. The van der Waals surface area contributed by atoms with Gasteiger partial charge in [-0.05, 0) is 25.2 Å². The van der Waals surface area contributed by atoms with Crippen molar-refractivity contribution in [3.63, 3.8) is 0 Å². The number of methoxy groups -OCH3 is 1.